The topological polar surface area (TPSA) is 142 Å². The summed E-state index contributed by atoms with van der Waals surface area (Å²) < 4.78 is 49.3. The second kappa shape index (κ2) is 26.9. The molecule has 0 fully saturated rings. The Balaban J connectivity index is 1.37. The highest BCUT2D eigenvalue weighted by Crippen LogP contribution is 2.42. The molecule has 1 aliphatic rings. The molecule has 8 aromatic rings. The van der Waals surface area contributed by atoms with E-state index in [1.54, 1.807) is 0 Å². The summed E-state index contributed by atoms with van der Waals surface area (Å²) in [5.74, 6) is 0.593. The fourth-order valence-corrected chi connectivity index (χ4v) is 10.2. The van der Waals surface area contributed by atoms with Crippen molar-refractivity contribution in [1.29, 1.82) is 0 Å². The molecule has 0 aromatic heterocycles. The van der Waals surface area contributed by atoms with Gasteiger partial charge in [0.2, 0.25) is 0 Å². The maximum atomic E-state index is 13.3. The number of hydrogen-bond donors (Lipinski definition) is 0. The van der Waals surface area contributed by atoms with Crippen molar-refractivity contribution in [2.45, 2.75) is 77.8 Å². The Morgan fingerprint density at radius 2 is 0.450 bits per heavy atom. The zero-order chi connectivity index (χ0) is 55.8. The SMILES string of the molecule is COC(=O)Cc1cc2c(OCc3ccccc3)c(c1)Cc1cc(CC(=O)OC)cc(c1OCc1ccccc1)Cc1cc(CC(=O)OC)cc(c1OCc1ccccc1)Cc1cc(CC(=O)OC)cc(c1OCc1ccccc1)C2. The monoisotopic (exact) mass is 1070 g/mol. The van der Waals surface area contributed by atoms with Crippen LogP contribution in [0.5, 0.6) is 23.0 Å². The molecule has 0 aliphatic heterocycles. The molecule has 0 N–H and O–H groups in total. The van der Waals surface area contributed by atoms with E-state index >= 15 is 0 Å². The van der Waals surface area contributed by atoms with Crippen LogP contribution < -0.4 is 18.9 Å². The molecule has 12 nitrogen and oxygen atoms in total. The predicted octanol–water partition coefficient (Wildman–Crippen LogP) is 11.5. The molecule has 0 saturated heterocycles. The molecule has 8 aromatic carbocycles. The van der Waals surface area contributed by atoms with E-state index in [9.17, 15) is 19.2 Å². The van der Waals surface area contributed by atoms with Crippen LogP contribution in [0, 0.1) is 0 Å². The van der Waals surface area contributed by atoms with Crippen molar-refractivity contribution in [2.75, 3.05) is 28.4 Å². The Labute approximate surface area is 467 Å². The van der Waals surface area contributed by atoms with E-state index in [1.807, 2.05) is 170 Å². The first kappa shape index (κ1) is 55.6. The van der Waals surface area contributed by atoms with Gasteiger partial charge in [-0.1, -0.05) is 170 Å². The molecule has 80 heavy (non-hydrogen) atoms. The molecule has 0 spiro atoms. The normalized spacial score (nSPS) is 11.7. The van der Waals surface area contributed by atoms with Crippen LogP contribution >= 0.6 is 0 Å². The third-order valence-electron chi connectivity index (χ3n) is 13.9. The van der Waals surface area contributed by atoms with Crippen molar-refractivity contribution in [3.05, 3.63) is 259 Å². The van der Waals surface area contributed by atoms with Gasteiger partial charge in [0.25, 0.3) is 0 Å². The van der Waals surface area contributed by atoms with Gasteiger partial charge in [-0.15, -0.1) is 0 Å². The van der Waals surface area contributed by atoms with Crippen molar-refractivity contribution in [3.63, 3.8) is 0 Å². The number of carbonyl (C=O) groups excluding carboxylic acids is 4. The molecule has 0 heterocycles. The predicted molar refractivity (Wildman–Crippen MR) is 303 cm³/mol. The molecule has 0 amide bonds. The number of carbonyl (C=O) groups is 4. The Hall–Kier alpha value is -9.16. The van der Waals surface area contributed by atoms with Gasteiger partial charge >= 0.3 is 23.9 Å². The van der Waals surface area contributed by atoms with Gasteiger partial charge in [-0.25, -0.2) is 0 Å². The lowest BCUT2D eigenvalue weighted by Crippen LogP contribution is -2.13. The third-order valence-corrected chi connectivity index (χ3v) is 13.9. The molecule has 0 radical (unpaired) electrons. The Bertz CT molecular complexity index is 2900. The highest BCUT2D eigenvalue weighted by Gasteiger charge is 2.27. The van der Waals surface area contributed by atoms with Crippen molar-refractivity contribution in [1.82, 2.24) is 0 Å². The highest BCUT2D eigenvalue weighted by molar-refractivity contribution is 5.75. The zero-order valence-electron chi connectivity index (χ0n) is 45.6. The Morgan fingerprint density at radius 3 is 0.613 bits per heavy atom. The van der Waals surface area contributed by atoms with Crippen LogP contribution in [-0.2, 0) is 116 Å². The first-order valence-electron chi connectivity index (χ1n) is 26.6. The third kappa shape index (κ3) is 14.7. The van der Waals surface area contributed by atoms with Crippen LogP contribution in [0.1, 0.15) is 89.0 Å². The largest absolute Gasteiger partial charge is 0.488 e. The van der Waals surface area contributed by atoms with E-state index in [4.69, 9.17) is 37.9 Å². The van der Waals surface area contributed by atoms with E-state index in [2.05, 4.69) is 0 Å². The molecule has 8 bridgehead atoms. The number of rotatable bonds is 20. The van der Waals surface area contributed by atoms with Crippen LogP contribution in [0.2, 0.25) is 0 Å². The van der Waals surface area contributed by atoms with E-state index in [0.717, 1.165) is 66.8 Å². The number of esters is 4. The lowest BCUT2D eigenvalue weighted by atomic mass is 9.87. The van der Waals surface area contributed by atoms with Gasteiger partial charge in [0.15, 0.2) is 0 Å². The summed E-state index contributed by atoms with van der Waals surface area (Å²) in [7, 11) is 5.47. The smallest absolute Gasteiger partial charge is 0.309 e. The minimum atomic E-state index is -0.427. The van der Waals surface area contributed by atoms with Gasteiger partial charge in [-0.2, -0.15) is 0 Å². The summed E-state index contributed by atoms with van der Waals surface area (Å²) in [5, 5.41) is 0. The summed E-state index contributed by atoms with van der Waals surface area (Å²) in [4.78, 5) is 53.4. The van der Waals surface area contributed by atoms with Crippen molar-refractivity contribution >= 4 is 23.9 Å². The maximum absolute atomic E-state index is 13.3. The molecule has 0 unspecified atom stereocenters. The highest BCUT2D eigenvalue weighted by atomic mass is 16.5. The van der Waals surface area contributed by atoms with Crippen molar-refractivity contribution in [3.8, 4) is 23.0 Å². The molecule has 12 heteroatoms. The van der Waals surface area contributed by atoms with E-state index in [0.29, 0.717) is 45.3 Å². The summed E-state index contributed by atoms with van der Waals surface area (Å²) in [6.45, 7) is 0.839. The van der Waals surface area contributed by atoms with Crippen molar-refractivity contribution in [2.24, 2.45) is 0 Å². The molecular formula is C68H64O12. The molecule has 408 valence electrons. The second-order valence-corrected chi connectivity index (χ2v) is 19.8. The first-order valence-corrected chi connectivity index (χ1v) is 26.6. The van der Waals surface area contributed by atoms with E-state index < -0.39 is 23.9 Å². The Kier molecular flexibility index (Phi) is 18.7. The lowest BCUT2D eigenvalue weighted by Gasteiger charge is -2.25. The van der Waals surface area contributed by atoms with E-state index in [1.165, 1.54) is 28.4 Å². The van der Waals surface area contributed by atoms with Gasteiger partial charge < -0.3 is 37.9 Å². The van der Waals surface area contributed by atoms with Gasteiger partial charge in [0, 0.05) is 25.7 Å². The van der Waals surface area contributed by atoms with Gasteiger partial charge in [-0.3, -0.25) is 19.2 Å². The maximum Gasteiger partial charge on any atom is 0.309 e. The molecule has 1 aliphatic carbocycles. The summed E-state index contributed by atoms with van der Waals surface area (Å²) >= 11 is 0. The van der Waals surface area contributed by atoms with Gasteiger partial charge in [0.05, 0.1) is 54.1 Å². The van der Waals surface area contributed by atoms with Crippen LogP contribution in [0.4, 0.5) is 0 Å². The number of ether oxygens (including phenoxy) is 8. The van der Waals surface area contributed by atoms with Gasteiger partial charge in [0.1, 0.15) is 49.4 Å². The average molecular weight is 1070 g/mol. The summed E-state index contributed by atoms with van der Waals surface area (Å²) in [6.07, 6.45) is 0.699. The zero-order valence-corrected chi connectivity index (χ0v) is 45.6. The number of methoxy groups -OCH3 is 4. The molecule has 0 saturated carbocycles. The second-order valence-electron chi connectivity index (χ2n) is 19.8. The van der Waals surface area contributed by atoms with E-state index in [-0.39, 0.29) is 77.8 Å². The Morgan fingerprint density at radius 1 is 0.275 bits per heavy atom. The van der Waals surface area contributed by atoms with Crippen LogP contribution in [-0.4, -0.2) is 52.3 Å². The molecular weight excluding hydrogens is 1010 g/mol. The minimum absolute atomic E-state index is 0.0419. The number of hydrogen-bond acceptors (Lipinski definition) is 12. The van der Waals surface area contributed by atoms with Crippen LogP contribution in [0.15, 0.2) is 170 Å². The van der Waals surface area contributed by atoms with Crippen LogP contribution in [0.3, 0.4) is 0 Å². The minimum Gasteiger partial charge on any atom is -0.488 e. The summed E-state index contributed by atoms with van der Waals surface area (Å²) in [5.41, 5.74) is 12.4. The quantitative estimate of drug-likeness (QED) is 0.0530. The molecule has 0 atom stereocenters. The standard InChI is InChI=1S/C68H64O12/c1-73-61(69)33-49-25-53-37-55-27-50(34-62(70)74-2)29-57(66(55)78-42-46-19-11-6-12-20-46)39-59-31-52(36-64(72)76-4)32-60(68(59)80-44-48-23-15-8-16-24-48)40-58-30-51(35-63(71)75-3)28-56(67(58)79-43-47-21-13-7-14-22-47)38-54(26-49)65(53)77-41-45-17-9-5-10-18-45/h5-32H,33-44H2,1-4H3. The fourth-order valence-electron chi connectivity index (χ4n) is 10.2. The van der Waals surface area contributed by atoms with Gasteiger partial charge in [-0.05, 0) is 89.0 Å². The molecule has 9 rings (SSSR count). The average Bonchev–Trinajstić information content (AvgIpc) is 3.47. The lowest BCUT2D eigenvalue weighted by molar-refractivity contribution is -0.140. The van der Waals surface area contributed by atoms with Crippen molar-refractivity contribution < 1.29 is 57.1 Å². The summed E-state index contributed by atoms with van der Waals surface area (Å²) in [6, 6.07) is 55.3. The number of fused-ring (bicyclic) bond motifs is 8. The van der Waals surface area contributed by atoms with Crippen LogP contribution in [0.25, 0.3) is 0 Å². The first-order chi connectivity index (χ1) is 39.0. The fraction of sp³-hybridized carbons (Fsp3) is 0.235. The number of benzene rings is 8.